The largest absolute Gasteiger partial charge is 0.467 e. The second-order valence-corrected chi connectivity index (χ2v) is 5.08. The van der Waals surface area contributed by atoms with E-state index in [9.17, 15) is 14.4 Å². The lowest BCUT2D eigenvalue weighted by Gasteiger charge is -2.23. The number of methoxy groups -OCH3 is 2. The molecule has 0 radical (unpaired) electrons. The fourth-order valence-electron chi connectivity index (χ4n) is 2.38. The SMILES string of the molecule is COC(=O)/C=C/C[C@H](NC(=O)C1CCCCC1)C(=O)OC. The van der Waals surface area contributed by atoms with E-state index in [-0.39, 0.29) is 18.2 Å². The molecule has 1 aliphatic rings. The fourth-order valence-corrected chi connectivity index (χ4v) is 2.38. The monoisotopic (exact) mass is 297 g/mol. The molecule has 0 bridgehead atoms. The molecule has 6 heteroatoms. The van der Waals surface area contributed by atoms with Crippen LogP contribution in [0.5, 0.6) is 0 Å². The lowest BCUT2D eigenvalue weighted by Crippen LogP contribution is -2.44. The van der Waals surface area contributed by atoms with Crippen LogP contribution in [0.25, 0.3) is 0 Å². The third-order valence-corrected chi connectivity index (χ3v) is 3.61. The highest BCUT2D eigenvalue weighted by Crippen LogP contribution is 2.23. The van der Waals surface area contributed by atoms with Crippen LogP contribution in [-0.2, 0) is 23.9 Å². The topological polar surface area (TPSA) is 81.7 Å². The van der Waals surface area contributed by atoms with Crippen molar-refractivity contribution in [2.24, 2.45) is 5.92 Å². The Kier molecular flexibility index (Phi) is 7.50. The van der Waals surface area contributed by atoms with Crippen LogP contribution in [0.2, 0.25) is 0 Å². The van der Waals surface area contributed by atoms with Crippen LogP contribution in [0, 0.1) is 5.92 Å². The van der Waals surface area contributed by atoms with Crippen molar-refractivity contribution in [3.8, 4) is 0 Å². The third kappa shape index (κ3) is 5.97. The predicted octanol–water partition coefficient (Wildman–Crippen LogP) is 1.34. The second-order valence-electron chi connectivity index (χ2n) is 5.08. The maximum absolute atomic E-state index is 12.1. The molecule has 1 atom stereocenters. The first kappa shape index (κ1) is 17.2. The smallest absolute Gasteiger partial charge is 0.330 e. The minimum atomic E-state index is -0.773. The van der Waals surface area contributed by atoms with E-state index in [1.54, 1.807) is 0 Å². The number of hydrogen-bond donors (Lipinski definition) is 1. The molecule has 0 saturated heterocycles. The Morgan fingerprint density at radius 1 is 1.14 bits per heavy atom. The number of amides is 1. The van der Waals surface area contributed by atoms with E-state index in [0.29, 0.717) is 0 Å². The first-order chi connectivity index (χ1) is 10.1. The summed E-state index contributed by atoms with van der Waals surface area (Å²) in [5, 5.41) is 2.71. The van der Waals surface area contributed by atoms with Crippen molar-refractivity contribution in [3.63, 3.8) is 0 Å². The van der Waals surface area contributed by atoms with Crippen LogP contribution in [-0.4, -0.2) is 38.1 Å². The second kappa shape index (κ2) is 9.15. The number of hydrogen-bond acceptors (Lipinski definition) is 5. The average molecular weight is 297 g/mol. The molecule has 1 fully saturated rings. The van der Waals surface area contributed by atoms with Gasteiger partial charge in [-0.25, -0.2) is 9.59 Å². The van der Waals surface area contributed by atoms with E-state index < -0.39 is 18.0 Å². The number of carbonyl (C=O) groups is 3. The lowest BCUT2D eigenvalue weighted by atomic mass is 9.88. The molecule has 0 aliphatic heterocycles. The summed E-state index contributed by atoms with van der Waals surface area (Å²) in [6.45, 7) is 0. The predicted molar refractivity (Wildman–Crippen MR) is 76.3 cm³/mol. The summed E-state index contributed by atoms with van der Waals surface area (Å²) < 4.78 is 9.15. The summed E-state index contributed by atoms with van der Waals surface area (Å²) in [6.07, 6.45) is 7.88. The highest BCUT2D eigenvalue weighted by atomic mass is 16.5. The maximum atomic E-state index is 12.1. The van der Waals surface area contributed by atoms with E-state index in [1.807, 2.05) is 0 Å². The Morgan fingerprint density at radius 3 is 2.38 bits per heavy atom. The van der Waals surface area contributed by atoms with Gasteiger partial charge in [-0.3, -0.25) is 4.79 Å². The van der Waals surface area contributed by atoms with Crippen LogP contribution in [0.1, 0.15) is 38.5 Å². The molecule has 118 valence electrons. The van der Waals surface area contributed by atoms with Crippen molar-refractivity contribution in [1.29, 1.82) is 0 Å². The van der Waals surface area contributed by atoms with Gasteiger partial charge >= 0.3 is 11.9 Å². The van der Waals surface area contributed by atoms with Gasteiger partial charge < -0.3 is 14.8 Å². The van der Waals surface area contributed by atoms with E-state index >= 15 is 0 Å². The summed E-state index contributed by atoms with van der Waals surface area (Å²) in [6, 6.07) is -0.773. The zero-order chi connectivity index (χ0) is 15.7. The summed E-state index contributed by atoms with van der Waals surface area (Å²) in [7, 11) is 2.54. The number of esters is 2. The summed E-state index contributed by atoms with van der Waals surface area (Å²) in [5.74, 6) is -1.17. The van der Waals surface area contributed by atoms with Crippen LogP contribution in [0.3, 0.4) is 0 Å². The molecule has 1 amide bonds. The summed E-state index contributed by atoms with van der Waals surface area (Å²) in [4.78, 5) is 34.8. The van der Waals surface area contributed by atoms with Crippen molar-refractivity contribution in [2.75, 3.05) is 14.2 Å². The molecule has 1 rings (SSSR count). The Labute approximate surface area is 124 Å². The van der Waals surface area contributed by atoms with Crippen LogP contribution < -0.4 is 5.32 Å². The fraction of sp³-hybridized carbons (Fsp3) is 0.667. The van der Waals surface area contributed by atoms with Crippen LogP contribution in [0.4, 0.5) is 0 Å². The number of rotatable bonds is 6. The summed E-state index contributed by atoms with van der Waals surface area (Å²) in [5.41, 5.74) is 0. The van der Waals surface area contributed by atoms with Gasteiger partial charge in [0.2, 0.25) is 5.91 Å². The molecule has 0 spiro atoms. The Hall–Kier alpha value is -1.85. The normalized spacial score (nSPS) is 17.2. The molecule has 1 N–H and O–H groups in total. The minimum Gasteiger partial charge on any atom is -0.467 e. The first-order valence-electron chi connectivity index (χ1n) is 7.21. The Balaban J connectivity index is 2.56. The van der Waals surface area contributed by atoms with E-state index in [1.165, 1.54) is 26.4 Å². The third-order valence-electron chi connectivity index (χ3n) is 3.61. The number of ether oxygens (including phenoxy) is 2. The van der Waals surface area contributed by atoms with Gasteiger partial charge in [-0.05, 0) is 19.3 Å². The molecule has 1 saturated carbocycles. The van der Waals surface area contributed by atoms with Gasteiger partial charge in [0.05, 0.1) is 14.2 Å². The van der Waals surface area contributed by atoms with E-state index in [4.69, 9.17) is 0 Å². The quantitative estimate of drug-likeness (QED) is 0.591. The van der Waals surface area contributed by atoms with Gasteiger partial charge in [0.15, 0.2) is 0 Å². The first-order valence-corrected chi connectivity index (χ1v) is 7.21. The van der Waals surface area contributed by atoms with Gasteiger partial charge in [-0.2, -0.15) is 0 Å². The molecule has 1 aliphatic carbocycles. The summed E-state index contributed by atoms with van der Waals surface area (Å²) >= 11 is 0. The van der Waals surface area contributed by atoms with Crippen LogP contribution in [0.15, 0.2) is 12.2 Å². The highest BCUT2D eigenvalue weighted by Gasteiger charge is 2.26. The number of nitrogens with one attached hydrogen (secondary N) is 1. The molecular formula is C15H23NO5. The molecule has 21 heavy (non-hydrogen) atoms. The highest BCUT2D eigenvalue weighted by molar-refractivity contribution is 5.86. The maximum Gasteiger partial charge on any atom is 0.330 e. The van der Waals surface area contributed by atoms with Crippen molar-refractivity contribution in [1.82, 2.24) is 5.32 Å². The molecular weight excluding hydrogens is 274 g/mol. The Bertz CT molecular complexity index is 399. The van der Waals surface area contributed by atoms with Crippen molar-refractivity contribution < 1.29 is 23.9 Å². The van der Waals surface area contributed by atoms with Gasteiger partial charge in [0, 0.05) is 12.0 Å². The molecule has 0 aromatic heterocycles. The van der Waals surface area contributed by atoms with E-state index in [0.717, 1.165) is 32.1 Å². The van der Waals surface area contributed by atoms with Gasteiger partial charge in [0.25, 0.3) is 0 Å². The van der Waals surface area contributed by atoms with Crippen molar-refractivity contribution >= 4 is 17.8 Å². The molecule has 0 unspecified atom stereocenters. The number of carbonyl (C=O) groups excluding carboxylic acids is 3. The van der Waals surface area contributed by atoms with Gasteiger partial charge in [-0.15, -0.1) is 0 Å². The molecule has 0 aromatic rings. The average Bonchev–Trinajstić information content (AvgIpc) is 2.53. The minimum absolute atomic E-state index is 0.0320. The van der Waals surface area contributed by atoms with Crippen LogP contribution >= 0.6 is 0 Å². The van der Waals surface area contributed by atoms with E-state index in [2.05, 4.69) is 14.8 Å². The van der Waals surface area contributed by atoms with Gasteiger partial charge in [-0.1, -0.05) is 25.3 Å². The zero-order valence-corrected chi connectivity index (χ0v) is 12.6. The van der Waals surface area contributed by atoms with Crippen molar-refractivity contribution in [3.05, 3.63) is 12.2 Å². The van der Waals surface area contributed by atoms with Gasteiger partial charge in [0.1, 0.15) is 6.04 Å². The molecule has 0 heterocycles. The standard InChI is InChI=1S/C15H23NO5/c1-20-13(17)10-6-9-12(15(19)21-2)16-14(18)11-7-4-3-5-8-11/h6,10-12H,3-5,7-9H2,1-2H3,(H,16,18)/b10-6+/t12-/m0/s1. The lowest BCUT2D eigenvalue weighted by molar-refractivity contribution is -0.145. The zero-order valence-electron chi connectivity index (χ0n) is 12.6. The molecule has 0 aromatic carbocycles. The Morgan fingerprint density at radius 2 is 1.81 bits per heavy atom. The molecule has 6 nitrogen and oxygen atoms in total. The van der Waals surface area contributed by atoms with Crippen molar-refractivity contribution in [2.45, 2.75) is 44.6 Å².